The Morgan fingerprint density at radius 2 is 1.87 bits per heavy atom. The van der Waals surface area contributed by atoms with Crippen molar-refractivity contribution >= 4 is 10.9 Å². The SMILES string of the molecule is CC(C)c1ccc2ccc(CCC3(C)CCC(O)CC3)cc2n1. The molecule has 2 heteroatoms. The van der Waals surface area contributed by atoms with Gasteiger partial charge in [-0.25, -0.2) is 0 Å². The summed E-state index contributed by atoms with van der Waals surface area (Å²) in [7, 11) is 0. The Labute approximate surface area is 140 Å². The van der Waals surface area contributed by atoms with Gasteiger partial charge in [0.1, 0.15) is 0 Å². The number of aromatic nitrogens is 1. The molecule has 3 rings (SSSR count). The molecule has 1 saturated carbocycles. The van der Waals surface area contributed by atoms with Gasteiger partial charge in [-0.15, -0.1) is 0 Å². The predicted octanol–water partition coefficient (Wildman–Crippen LogP) is 5.23. The summed E-state index contributed by atoms with van der Waals surface area (Å²) in [4.78, 5) is 4.82. The van der Waals surface area contributed by atoms with Crippen LogP contribution in [0.4, 0.5) is 0 Å². The summed E-state index contributed by atoms with van der Waals surface area (Å²) in [5.74, 6) is 0.468. The van der Waals surface area contributed by atoms with Crippen LogP contribution in [-0.2, 0) is 6.42 Å². The zero-order valence-electron chi connectivity index (χ0n) is 14.7. The third-order valence-corrected chi connectivity index (χ3v) is 5.55. The highest BCUT2D eigenvalue weighted by Crippen LogP contribution is 2.39. The first kappa shape index (κ1) is 16.4. The number of hydrogen-bond donors (Lipinski definition) is 1. The Balaban J connectivity index is 1.72. The normalized spacial score (nSPS) is 25.2. The molecule has 2 aromatic rings. The number of hydrogen-bond acceptors (Lipinski definition) is 2. The van der Waals surface area contributed by atoms with Crippen LogP contribution in [0.5, 0.6) is 0 Å². The van der Waals surface area contributed by atoms with Crippen molar-refractivity contribution < 1.29 is 5.11 Å². The fraction of sp³-hybridized carbons (Fsp3) is 0.571. The van der Waals surface area contributed by atoms with Crippen LogP contribution < -0.4 is 0 Å². The van der Waals surface area contributed by atoms with Gasteiger partial charge in [0.25, 0.3) is 0 Å². The maximum absolute atomic E-state index is 9.71. The van der Waals surface area contributed by atoms with Crippen molar-refractivity contribution in [2.75, 3.05) is 0 Å². The number of pyridine rings is 1. The molecule has 124 valence electrons. The lowest BCUT2D eigenvalue weighted by Crippen LogP contribution is -2.27. The van der Waals surface area contributed by atoms with Crippen LogP contribution in [0.1, 0.15) is 70.1 Å². The molecule has 0 spiro atoms. The van der Waals surface area contributed by atoms with E-state index in [2.05, 4.69) is 51.1 Å². The monoisotopic (exact) mass is 311 g/mol. The van der Waals surface area contributed by atoms with E-state index in [1.54, 1.807) is 0 Å². The minimum Gasteiger partial charge on any atom is -0.393 e. The minimum atomic E-state index is -0.0672. The maximum atomic E-state index is 9.71. The third-order valence-electron chi connectivity index (χ3n) is 5.55. The number of rotatable bonds is 4. The number of aliphatic hydroxyl groups excluding tert-OH is 1. The molecule has 0 radical (unpaired) electrons. The zero-order valence-corrected chi connectivity index (χ0v) is 14.7. The Morgan fingerprint density at radius 1 is 1.17 bits per heavy atom. The highest BCUT2D eigenvalue weighted by atomic mass is 16.3. The van der Waals surface area contributed by atoms with E-state index >= 15 is 0 Å². The van der Waals surface area contributed by atoms with E-state index in [0.29, 0.717) is 11.3 Å². The lowest BCUT2D eigenvalue weighted by molar-refractivity contribution is 0.0673. The van der Waals surface area contributed by atoms with E-state index in [4.69, 9.17) is 4.98 Å². The van der Waals surface area contributed by atoms with Crippen molar-refractivity contribution in [1.82, 2.24) is 4.98 Å². The van der Waals surface area contributed by atoms with Crippen molar-refractivity contribution in [3.8, 4) is 0 Å². The van der Waals surface area contributed by atoms with Gasteiger partial charge in [0.15, 0.2) is 0 Å². The van der Waals surface area contributed by atoms with Crippen LogP contribution in [0.3, 0.4) is 0 Å². The van der Waals surface area contributed by atoms with Crippen LogP contribution in [0.2, 0.25) is 0 Å². The molecule has 1 aromatic carbocycles. The number of benzene rings is 1. The number of aliphatic hydroxyl groups is 1. The lowest BCUT2D eigenvalue weighted by Gasteiger charge is -2.35. The van der Waals surface area contributed by atoms with E-state index in [0.717, 1.165) is 37.6 Å². The Bertz CT molecular complexity index is 669. The predicted molar refractivity (Wildman–Crippen MR) is 96.7 cm³/mol. The first-order chi connectivity index (χ1) is 11.0. The van der Waals surface area contributed by atoms with Crippen molar-refractivity contribution in [3.63, 3.8) is 0 Å². The van der Waals surface area contributed by atoms with Crippen LogP contribution in [0.15, 0.2) is 30.3 Å². The topological polar surface area (TPSA) is 33.1 Å². The highest BCUT2D eigenvalue weighted by Gasteiger charge is 2.29. The quantitative estimate of drug-likeness (QED) is 0.838. The third kappa shape index (κ3) is 3.92. The average Bonchev–Trinajstić information content (AvgIpc) is 2.55. The summed E-state index contributed by atoms with van der Waals surface area (Å²) >= 11 is 0. The summed E-state index contributed by atoms with van der Waals surface area (Å²) in [6.07, 6.45) is 6.48. The molecular weight excluding hydrogens is 282 g/mol. The van der Waals surface area contributed by atoms with Gasteiger partial charge in [-0.3, -0.25) is 4.98 Å². The molecule has 1 aliphatic rings. The molecule has 1 heterocycles. The molecular formula is C21H29NO. The fourth-order valence-electron chi connectivity index (χ4n) is 3.65. The molecule has 0 bridgehead atoms. The van der Waals surface area contributed by atoms with Gasteiger partial charge in [-0.1, -0.05) is 39.0 Å². The van der Waals surface area contributed by atoms with Gasteiger partial charge in [-0.05, 0) is 67.6 Å². The fourth-order valence-corrected chi connectivity index (χ4v) is 3.65. The molecule has 1 aromatic heterocycles. The highest BCUT2D eigenvalue weighted by molar-refractivity contribution is 5.79. The average molecular weight is 311 g/mol. The first-order valence-electron chi connectivity index (χ1n) is 9.03. The van der Waals surface area contributed by atoms with Crippen molar-refractivity contribution in [2.45, 2.75) is 71.3 Å². The Morgan fingerprint density at radius 3 is 2.57 bits per heavy atom. The largest absolute Gasteiger partial charge is 0.393 e. The summed E-state index contributed by atoms with van der Waals surface area (Å²) < 4.78 is 0. The molecule has 0 unspecified atom stereocenters. The van der Waals surface area contributed by atoms with Gasteiger partial charge < -0.3 is 5.11 Å². The van der Waals surface area contributed by atoms with Crippen LogP contribution in [-0.4, -0.2) is 16.2 Å². The summed E-state index contributed by atoms with van der Waals surface area (Å²) in [6.45, 7) is 6.77. The summed E-state index contributed by atoms with van der Waals surface area (Å²) in [5, 5.41) is 10.9. The van der Waals surface area contributed by atoms with E-state index < -0.39 is 0 Å². The van der Waals surface area contributed by atoms with Gasteiger partial charge in [0, 0.05) is 11.1 Å². The Kier molecular flexibility index (Phi) is 4.72. The van der Waals surface area contributed by atoms with E-state index in [1.165, 1.54) is 23.1 Å². The van der Waals surface area contributed by atoms with Gasteiger partial charge in [0.2, 0.25) is 0 Å². The molecule has 1 aliphatic carbocycles. The van der Waals surface area contributed by atoms with Gasteiger partial charge in [-0.2, -0.15) is 0 Å². The van der Waals surface area contributed by atoms with Crippen molar-refractivity contribution in [1.29, 1.82) is 0 Å². The van der Waals surface area contributed by atoms with E-state index in [1.807, 2.05) is 0 Å². The van der Waals surface area contributed by atoms with Crippen LogP contribution >= 0.6 is 0 Å². The van der Waals surface area contributed by atoms with Crippen molar-refractivity contribution in [2.24, 2.45) is 5.41 Å². The lowest BCUT2D eigenvalue weighted by atomic mass is 9.71. The second-order valence-electron chi connectivity index (χ2n) is 7.96. The van der Waals surface area contributed by atoms with E-state index in [-0.39, 0.29) is 6.10 Å². The molecule has 2 nitrogen and oxygen atoms in total. The maximum Gasteiger partial charge on any atom is 0.0708 e. The number of fused-ring (bicyclic) bond motifs is 1. The second-order valence-corrected chi connectivity index (χ2v) is 7.96. The van der Waals surface area contributed by atoms with Gasteiger partial charge in [0.05, 0.1) is 11.6 Å². The minimum absolute atomic E-state index is 0.0672. The first-order valence-corrected chi connectivity index (χ1v) is 9.03. The molecule has 1 fully saturated rings. The molecule has 0 atom stereocenters. The molecule has 1 N–H and O–H groups in total. The molecule has 0 saturated heterocycles. The van der Waals surface area contributed by atoms with Crippen LogP contribution in [0, 0.1) is 5.41 Å². The molecule has 0 aliphatic heterocycles. The smallest absolute Gasteiger partial charge is 0.0708 e. The standard InChI is InChI=1S/C21H29NO/c1-15(2)19-7-6-17-5-4-16(14-20(17)22-19)8-11-21(3)12-9-18(23)10-13-21/h4-7,14-15,18,23H,8-13H2,1-3H3. The summed E-state index contributed by atoms with van der Waals surface area (Å²) in [5.41, 5.74) is 4.07. The molecule has 0 amide bonds. The zero-order chi connectivity index (χ0) is 16.4. The second kappa shape index (κ2) is 6.60. The van der Waals surface area contributed by atoms with E-state index in [9.17, 15) is 5.11 Å². The molecule has 23 heavy (non-hydrogen) atoms. The summed E-state index contributed by atoms with van der Waals surface area (Å²) in [6, 6.07) is 11.0. The van der Waals surface area contributed by atoms with Crippen molar-refractivity contribution in [3.05, 3.63) is 41.6 Å². The van der Waals surface area contributed by atoms with Crippen LogP contribution in [0.25, 0.3) is 10.9 Å². The number of aryl methyl sites for hydroxylation is 1. The number of nitrogens with zero attached hydrogens (tertiary/aromatic N) is 1. The Hall–Kier alpha value is -1.41. The van der Waals surface area contributed by atoms with Gasteiger partial charge >= 0.3 is 0 Å².